The van der Waals surface area contributed by atoms with E-state index in [0.717, 1.165) is 10.6 Å². The molecule has 0 saturated carbocycles. The van der Waals surface area contributed by atoms with E-state index >= 15 is 0 Å². The number of nitrogens with one attached hydrogen (secondary N) is 1. The third-order valence-corrected chi connectivity index (χ3v) is 3.85. The number of rotatable bonds is 3. The number of alkyl halides is 3. The van der Waals surface area contributed by atoms with Crippen LogP contribution in [0, 0.1) is 6.92 Å². The maximum Gasteiger partial charge on any atom is 0.406 e. The molecule has 1 N–H and O–H groups in total. The lowest BCUT2D eigenvalue weighted by Crippen LogP contribution is -2.57. The molecule has 116 valence electrons. The molecule has 1 atom stereocenters. The van der Waals surface area contributed by atoms with Gasteiger partial charge in [0.05, 0.1) is 0 Å². The van der Waals surface area contributed by atoms with Crippen molar-refractivity contribution in [1.29, 1.82) is 0 Å². The van der Waals surface area contributed by atoms with E-state index in [0.29, 0.717) is 5.56 Å². The fourth-order valence-corrected chi connectivity index (χ4v) is 2.70. The summed E-state index contributed by atoms with van der Waals surface area (Å²) in [6.45, 7) is 5.07. The number of hydrogen-bond acceptors (Lipinski definition) is 2. The van der Waals surface area contributed by atoms with Crippen LogP contribution in [0.5, 0.6) is 0 Å². The van der Waals surface area contributed by atoms with Crippen molar-refractivity contribution in [3.05, 3.63) is 35.4 Å². The lowest BCUT2D eigenvalue weighted by Gasteiger charge is -2.38. The lowest BCUT2D eigenvalue weighted by molar-refractivity contribution is -0.200. The second kappa shape index (κ2) is 5.33. The molecular weight excluding hydrogens is 281 g/mol. The topological polar surface area (TPSA) is 32.3 Å². The number of hydrogen-bond donors (Lipinski definition) is 1. The minimum atomic E-state index is -4.42. The predicted molar refractivity (Wildman–Crippen MR) is 73.4 cm³/mol. The Balaban J connectivity index is 2.32. The number of halogens is 3. The first-order valence-corrected chi connectivity index (χ1v) is 6.81. The molecule has 1 aromatic carbocycles. The van der Waals surface area contributed by atoms with E-state index in [-0.39, 0.29) is 18.7 Å². The van der Waals surface area contributed by atoms with E-state index in [4.69, 9.17) is 0 Å². The number of hydrazine groups is 1. The molecule has 1 aliphatic heterocycles. The first-order valence-electron chi connectivity index (χ1n) is 6.81. The highest BCUT2D eigenvalue weighted by molar-refractivity contribution is 5.78. The van der Waals surface area contributed by atoms with Crippen LogP contribution in [-0.4, -0.2) is 28.7 Å². The largest absolute Gasteiger partial charge is 0.406 e. The summed E-state index contributed by atoms with van der Waals surface area (Å²) in [6.07, 6.45) is -4.54. The Morgan fingerprint density at radius 1 is 1.33 bits per heavy atom. The molecule has 1 unspecified atom stereocenters. The summed E-state index contributed by atoms with van der Waals surface area (Å²) in [5.41, 5.74) is 2.95. The molecule has 1 aliphatic rings. The van der Waals surface area contributed by atoms with Gasteiger partial charge in [-0.2, -0.15) is 13.2 Å². The van der Waals surface area contributed by atoms with Gasteiger partial charge in [-0.3, -0.25) is 10.2 Å². The quantitative estimate of drug-likeness (QED) is 0.931. The molecule has 3 nitrogen and oxygen atoms in total. The van der Waals surface area contributed by atoms with E-state index in [2.05, 4.69) is 5.43 Å². The normalized spacial score (nSPS) is 20.4. The Morgan fingerprint density at radius 3 is 2.43 bits per heavy atom. The molecule has 0 bridgehead atoms. The molecule has 0 aromatic heterocycles. The van der Waals surface area contributed by atoms with E-state index in [1.54, 1.807) is 45.0 Å². The Labute approximate surface area is 122 Å². The van der Waals surface area contributed by atoms with Gasteiger partial charge in [0.25, 0.3) is 0 Å². The highest BCUT2D eigenvalue weighted by Gasteiger charge is 2.52. The first kappa shape index (κ1) is 15.8. The van der Waals surface area contributed by atoms with E-state index in [9.17, 15) is 18.0 Å². The van der Waals surface area contributed by atoms with Crippen molar-refractivity contribution in [2.45, 2.75) is 51.4 Å². The average Bonchev–Trinajstić information content (AvgIpc) is 2.59. The Hall–Kier alpha value is -1.56. The zero-order chi connectivity index (χ0) is 15.8. The van der Waals surface area contributed by atoms with E-state index in [1.165, 1.54) is 0 Å². The first-order chi connectivity index (χ1) is 9.61. The zero-order valence-electron chi connectivity index (χ0n) is 12.3. The summed E-state index contributed by atoms with van der Waals surface area (Å²) in [7, 11) is 0. The smallest absolute Gasteiger partial charge is 0.288 e. The summed E-state index contributed by atoms with van der Waals surface area (Å²) in [4.78, 5) is 11.5. The molecule has 0 spiro atoms. The fourth-order valence-electron chi connectivity index (χ4n) is 2.70. The molecule has 1 saturated heterocycles. The Bertz CT molecular complexity index is 540. The summed E-state index contributed by atoms with van der Waals surface area (Å²) in [6, 6.07) is 5.27. The van der Waals surface area contributed by atoms with Gasteiger partial charge >= 0.3 is 6.18 Å². The van der Waals surface area contributed by atoms with Gasteiger partial charge in [-0.1, -0.05) is 24.3 Å². The van der Waals surface area contributed by atoms with Gasteiger partial charge in [-0.25, -0.2) is 5.01 Å². The molecule has 1 amide bonds. The summed E-state index contributed by atoms with van der Waals surface area (Å²) in [5.74, 6) is -0.376. The molecule has 21 heavy (non-hydrogen) atoms. The molecule has 0 radical (unpaired) electrons. The molecule has 6 heteroatoms. The van der Waals surface area contributed by atoms with Crippen molar-refractivity contribution in [3.8, 4) is 0 Å². The standard InChI is InChI=1S/C15H19F3N2O/c1-10-6-4-5-7-11(10)8-12(15(16,17)18)20-14(2,3)9-13(21)19-20/h4-7,12H,8-9H2,1-3H3,(H,19,21). The van der Waals surface area contributed by atoms with Gasteiger partial charge in [0.15, 0.2) is 0 Å². The monoisotopic (exact) mass is 300 g/mol. The van der Waals surface area contributed by atoms with E-state index in [1.807, 2.05) is 0 Å². The van der Waals surface area contributed by atoms with Crippen LogP contribution in [0.25, 0.3) is 0 Å². The van der Waals surface area contributed by atoms with Crippen LogP contribution in [0.4, 0.5) is 13.2 Å². The van der Waals surface area contributed by atoms with Crippen LogP contribution >= 0.6 is 0 Å². The van der Waals surface area contributed by atoms with Crippen molar-refractivity contribution in [2.75, 3.05) is 0 Å². The van der Waals surface area contributed by atoms with Gasteiger partial charge in [0.2, 0.25) is 5.91 Å². The molecular formula is C15H19F3N2O. The highest BCUT2D eigenvalue weighted by atomic mass is 19.4. The third kappa shape index (κ3) is 3.37. The van der Waals surface area contributed by atoms with Crippen LogP contribution < -0.4 is 5.43 Å². The van der Waals surface area contributed by atoms with Crippen LogP contribution in [-0.2, 0) is 11.2 Å². The van der Waals surface area contributed by atoms with Crippen molar-refractivity contribution in [1.82, 2.24) is 10.4 Å². The lowest BCUT2D eigenvalue weighted by atomic mass is 9.95. The van der Waals surface area contributed by atoms with Gasteiger partial charge < -0.3 is 0 Å². The van der Waals surface area contributed by atoms with Crippen molar-refractivity contribution < 1.29 is 18.0 Å². The number of carbonyl (C=O) groups is 1. The van der Waals surface area contributed by atoms with Crippen LogP contribution in [0.15, 0.2) is 24.3 Å². The molecule has 2 rings (SSSR count). The molecule has 0 aliphatic carbocycles. The average molecular weight is 300 g/mol. The maximum absolute atomic E-state index is 13.5. The molecule has 1 aromatic rings. The number of aryl methyl sites for hydroxylation is 1. The van der Waals surface area contributed by atoms with Gasteiger partial charge in [-0.15, -0.1) is 0 Å². The minimum Gasteiger partial charge on any atom is -0.288 e. The molecule has 1 fully saturated rings. The highest BCUT2D eigenvalue weighted by Crippen LogP contribution is 2.35. The number of carbonyl (C=O) groups excluding carboxylic acids is 1. The molecule has 1 heterocycles. The third-order valence-electron chi connectivity index (χ3n) is 3.85. The summed E-state index contributed by atoms with van der Waals surface area (Å²) in [5, 5.41) is 1.06. The minimum absolute atomic E-state index is 0.0628. The van der Waals surface area contributed by atoms with E-state index < -0.39 is 17.8 Å². The van der Waals surface area contributed by atoms with Crippen molar-refractivity contribution in [3.63, 3.8) is 0 Å². The fraction of sp³-hybridized carbons (Fsp3) is 0.533. The second-order valence-electron chi connectivity index (χ2n) is 6.08. The maximum atomic E-state index is 13.5. The Kier molecular flexibility index (Phi) is 4.02. The van der Waals surface area contributed by atoms with Gasteiger partial charge in [-0.05, 0) is 38.3 Å². The van der Waals surface area contributed by atoms with Gasteiger partial charge in [0.1, 0.15) is 6.04 Å². The van der Waals surface area contributed by atoms with Crippen molar-refractivity contribution >= 4 is 5.91 Å². The van der Waals surface area contributed by atoms with Gasteiger partial charge in [0, 0.05) is 12.0 Å². The second-order valence-corrected chi connectivity index (χ2v) is 6.08. The summed E-state index contributed by atoms with van der Waals surface area (Å²) >= 11 is 0. The summed E-state index contributed by atoms with van der Waals surface area (Å²) < 4.78 is 40.4. The van der Waals surface area contributed by atoms with Crippen LogP contribution in [0.3, 0.4) is 0 Å². The zero-order valence-corrected chi connectivity index (χ0v) is 12.3. The predicted octanol–water partition coefficient (Wildman–Crippen LogP) is 2.98. The number of benzene rings is 1. The van der Waals surface area contributed by atoms with Crippen LogP contribution in [0.1, 0.15) is 31.4 Å². The Morgan fingerprint density at radius 2 is 1.95 bits per heavy atom. The number of amides is 1. The van der Waals surface area contributed by atoms with Crippen molar-refractivity contribution in [2.24, 2.45) is 0 Å². The SMILES string of the molecule is Cc1ccccc1CC(N1NC(=O)CC1(C)C)C(F)(F)F. The number of nitrogens with zero attached hydrogens (tertiary/aromatic N) is 1. The van der Waals surface area contributed by atoms with Crippen LogP contribution in [0.2, 0.25) is 0 Å².